The second-order valence-corrected chi connectivity index (χ2v) is 5.41. The van der Waals surface area contributed by atoms with E-state index in [9.17, 15) is 4.79 Å². The van der Waals surface area contributed by atoms with Gasteiger partial charge in [0.15, 0.2) is 0 Å². The van der Waals surface area contributed by atoms with E-state index in [1.807, 2.05) is 43.9 Å². The molecule has 1 atom stereocenters. The number of carbonyl (C=O) groups excluding carboxylic acids is 1. The quantitative estimate of drug-likeness (QED) is 0.587. The topological polar surface area (TPSA) is 29.5 Å². The van der Waals surface area contributed by atoms with E-state index in [0.717, 1.165) is 22.6 Å². The largest absolute Gasteiger partial charge is 0.481 e. The second kappa shape index (κ2) is 9.25. The Balaban J connectivity index is 0.00000264. The number of carbonyl (C=O) groups is 1. The molecule has 0 saturated heterocycles. The zero-order valence-corrected chi connectivity index (χ0v) is 17.1. The predicted molar refractivity (Wildman–Crippen MR) is 87.9 cm³/mol. The summed E-state index contributed by atoms with van der Waals surface area (Å²) in [5.74, 6) is 6.67. The minimum Gasteiger partial charge on any atom is -0.481 e. The molecule has 4 heteroatoms. The fraction of sp³-hybridized carbons (Fsp3) is 0.421. The van der Waals surface area contributed by atoms with E-state index in [4.69, 9.17) is 4.74 Å². The Morgan fingerprint density at radius 3 is 2.78 bits per heavy atom. The first-order valence-electron chi connectivity index (χ1n) is 7.64. The third-order valence-corrected chi connectivity index (χ3v) is 3.79. The van der Waals surface area contributed by atoms with Gasteiger partial charge in [-0.05, 0) is 26.0 Å². The van der Waals surface area contributed by atoms with Crippen molar-refractivity contribution in [3.05, 3.63) is 35.4 Å². The molecule has 1 amide bonds. The molecule has 1 radical (unpaired) electrons. The van der Waals surface area contributed by atoms with E-state index < -0.39 is 0 Å². The van der Waals surface area contributed by atoms with Gasteiger partial charge in [-0.25, -0.2) is 6.08 Å². The number of aryl methyl sites for hydroxylation is 1. The number of hydrogen-bond donors (Lipinski definition) is 0. The van der Waals surface area contributed by atoms with Gasteiger partial charge in [0.2, 0.25) is 5.91 Å². The molecule has 2 rings (SSSR count). The average Bonchev–Trinajstić information content (AvgIpc) is 2.51. The fourth-order valence-electron chi connectivity index (χ4n) is 2.55. The average molecular weight is 385 g/mol. The summed E-state index contributed by atoms with van der Waals surface area (Å²) in [4.78, 5) is 14.1. The zero-order chi connectivity index (χ0) is 16.1. The van der Waals surface area contributed by atoms with Crippen LogP contribution in [0.3, 0.4) is 0 Å². The van der Waals surface area contributed by atoms with Crippen LogP contribution in [0.25, 0.3) is 5.70 Å². The maximum atomic E-state index is 12.3. The SMILES string of the molecule is CC#CCOc1ccc(C2=[C-]CC(C)C(=O)N2CC)c(C)c1.[Y]. The van der Waals surface area contributed by atoms with Crippen LogP contribution in [0, 0.1) is 30.8 Å². The molecule has 0 aliphatic carbocycles. The van der Waals surface area contributed by atoms with Crippen LogP contribution >= 0.6 is 0 Å². The molecular weight excluding hydrogens is 363 g/mol. The van der Waals surface area contributed by atoms with Crippen molar-refractivity contribution in [3.8, 4) is 17.6 Å². The van der Waals surface area contributed by atoms with E-state index >= 15 is 0 Å². The number of hydrogen-bond acceptors (Lipinski definition) is 2. The number of allylic oxidation sites excluding steroid dienone is 1. The summed E-state index contributed by atoms with van der Waals surface area (Å²) in [6.45, 7) is 8.82. The Labute approximate surface area is 164 Å². The van der Waals surface area contributed by atoms with Crippen LogP contribution in [0.4, 0.5) is 0 Å². The smallest absolute Gasteiger partial charge is 0.225 e. The van der Waals surface area contributed by atoms with Crippen LogP contribution in [-0.4, -0.2) is 24.0 Å². The van der Waals surface area contributed by atoms with Crippen LogP contribution in [0.1, 0.15) is 38.3 Å². The Morgan fingerprint density at radius 1 is 1.43 bits per heavy atom. The molecule has 0 fully saturated rings. The molecule has 119 valence electrons. The van der Waals surface area contributed by atoms with Crippen molar-refractivity contribution in [2.45, 2.75) is 34.1 Å². The molecule has 0 saturated carbocycles. The minimum absolute atomic E-state index is 0. The van der Waals surface area contributed by atoms with E-state index in [0.29, 0.717) is 19.6 Å². The van der Waals surface area contributed by atoms with Crippen molar-refractivity contribution in [1.82, 2.24) is 4.90 Å². The summed E-state index contributed by atoms with van der Waals surface area (Å²) in [5, 5.41) is 0. The first-order chi connectivity index (χ1) is 10.6. The summed E-state index contributed by atoms with van der Waals surface area (Å²) < 4.78 is 5.58. The summed E-state index contributed by atoms with van der Waals surface area (Å²) in [6, 6.07) is 5.90. The molecule has 1 aliphatic heterocycles. The Hall–Kier alpha value is -1.11. The second-order valence-electron chi connectivity index (χ2n) is 5.41. The van der Waals surface area contributed by atoms with Gasteiger partial charge in [-0.2, -0.15) is 0 Å². The van der Waals surface area contributed by atoms with Gasteiger partial charge in [-0.15, -0.1) is 28.8 Å². The monoisotopic (exact) mass is 385 g/mol. The zero-order valence-electron chi connectivity index (χ0n) is 14.3. The van der Waals surface area contributed by atoms with Crippen LogP contribution in [0.5, 0.6) is 5.75 Å². The van der Waals surface area contributed by atoms with Crippen LogP contribution in [0.15, 0.2) is 18.2 Å². The maximum Gasteiger partial charge on any atom is 0.225 e. The van der Waals surface area contributed by atoms with E-state index in [2.05, 4.69) is 17.9 Å². The Kier molecular flexibility index (Phi) is 8.02. The van der Waals surface area contributed by atoms with Gasteiger partial charge < -0.3 is 9.64 Å². The fourth-order valence-corrected chi connectivity index (χ4v) is 2.55. The van der Waals surface area contributed by atoms with Crippen molar-refractivity contribution in [2.24, 2.45) is 5.92 Å². The number of rotatable bonds is 4. The number of benzene rings is 1. The molecule has 1 heterocycles. The molecule has 0 N–H and O–H groups in total. The van der Waals surface area contributed by atoms with Gasteiger partial charge in [0, 0.05) is 45.2 Å². The molecule has 0 bridgehead atoms. The van der Waals surface area contributed by atoms with Crippen molar-refractivity contribution in [1.29, 1.82) is 0 Å². The van der Waals surface area contributed by atoms with E-state index in [1.165, 1.54) is 0 Å². The van der Waals surface area contributed by atoms with E-state index in [-0.39, 0.29) is 44.5 Å². The van der Waals surface area contributed by atoms with Gasteiger partial charge in [0.05, 0.1) is 0 Å². The van der Waals surface area contributed by atoms with Gasteiger partial charge in [-0.3, -0.25) is 4.79 Å². The van der Waals surface area contributed by atoms with E-state index in [1.54, 1.807) is 6.92 Å². The molecule has 0 spiro atoms. The summed E-state index contributed by atoms with van der Waals surface area (Å²) in [6.07, 6.45) is 4.06. The van der Waals surface area contributed by atoms with Gasteiger partial charge >= 0.3 is 0 Å². The molecule has 1 aromatic rings. The Bertz CT molecular complexity index is 655. The van der Waals surface area contributed by atoms with Crippen molar-refractivity contribution in [2.75, 3.05) is 13.2 Å². The first-order valence-corrected chi connectivity index (χ1v) is 7.64. The van der Waals surface area contributed by atoms with Crippen molar-refractivity contribution < 1.29 is 42.2 Å². The minimum atomic E-state index is 0. The van der Waals surface area contributed by atoms with Crippen molar-refractivity contribution >= 4 is 11.6 Å². The third-order valence-electron chi connectivity index (χ3n) is 3.79. The van der Waals surface area contributed by atoms with Gasteiger partial charge in [0.25, 0.3) is 0 Å². The van der Waals surface area contributed by atoms with Crippen LogP contribution in [0.2, 0.25) is 0 Å². The molecule has 3 nitrogen and oxygen atoms in total. The molecule has 23 heavy (non-hydrogen) atoms. The molecule has 1 unspecified atom stereocenters. The first kappa shape index (κ1) is 19.9. The van der Waals surface area contributed by atoms with Gasteiger partial charge in [0.1, 0.15) is 12.4 Å². The summed E-state index contributed by atoms with van der Waals surface area (Å²) in [7, 11) is 0. The normalized spacial score (nSPS) is 16.9. The summed E-state index contributed by atoms with van der Waals surface area (Å²) in [5.41, 5.74) is 3.00. The molecule has 0 aromatic heterocycles. The van der Waals surface area contributed by atoms with Crippen LogP contribution < -0.4 is 4.74 Å². The standard InChI is InChI=1S/C19H22NO2.Y/c1-5-7-12-22-16-9-10-17(15(4)13-16)18-11-8-14(3)19(21)20(18)6-2;/h9-10,13-14H,6,8,12H2,1-4H3;/q-1;. The third kappa shape index (κ3) is 4.69. The number of nitrogens with zero attached hydrogens (tertiary/aromatic N) is 1. The molecule has 1 aromatic carbocycles. The predicted octanol–water partition coefficient (Wildman–Crippen LogP) is 3.43. The van der Waals surface area contributed by atoms with Crippen molar-refractivity contribution in [3.63, 3.8) is 0 Å². The van der Waals surface area contributed by atoms with Crippen LogP contribution in [-0.2, 0) is 37.5 Å². The number of amides is 1. The Morgan fingerprint density at radius 2 is 2.17 bits per heavy atom. The number of ether oxygens (including phenoxy) is 1. The van der Waals surface area contributed by atoms with Gasteiger partial charge in [-0.1, -0.05) is 26.2 Å². The maximum absolute atomic E-state index is 12.3. The molecule has 1 aliphatic rings. The summed E-state index contributed by atoms with van der Waals surface area (Å²) >= 11 is 0. The molecular formula is C19H22NO2Y-.